The van der Waals surface area contributed by atoms with Crippen LogP contribution in [-0.2, 0) is 19.1 Å². The molecule has 2 heterocycles. The van der Waals surface area contributed by atoms with Gasteiger partial charge >= 0.3 is 5.97 Å². The van der Waals surface area contributed by atoms with Gasteiger partial charge in [-0.3, -0.25) is 4.79 Å². The number of aliphatic hydroxyl groups excluding tert-OH is 3. The zero-order chi connectivity index (χ0) is 32.0. The number of hydrogen-bond acceptors (Lipinski definition) is 7. The lowest BCUT2D eigenvalue weighted by atomic mass is 9.96. The highest BCUT2D eigenvalue weighted by Crippen LogP contribution is 2.29. The second-order valence-electron chi connectivity index (χ2n) is 14.1. The molecule has 0 bridgehead atoms. The van der Waals surface area contributed by atoms with Crippen LogP contribution >= 0.6 is 0 Å². The molecular formula is C37H68O7. The minimum atomic E-state index is -0.470. The number of ether oxygens (including phenoxy) is 2. The maximum absolute atomic E-state index is 11.8. The first-order valence-electron chi connectivity index (χ1n) is 18.7. The number of aliphatic hydroxyl groups is 3. The fourth-order valence-electron chi connectivity index (χ4n) is 7.04. The summed E-state index contributed by atoms with van der Waals surface area (Å²) in [7, 11) is 0. The van der Waals surface area contributed by atoms with Crippen LogP contribution < -0.4 is 0 Å². The van der Waals surface area contributed by atoms with E-state index in [1.165, 1.54) is 64.7 Å². The van der Waals surface area contributed by atoms with E-state index >= 15 is 0 Å². The first-order valence-corrected chi connectivity index (χ1v) is 18.7. The van der Waals surface area contributed by atoms with E-state index < -0.39 is 12.2 Å². The number of esters is 1. The van der Waals surface area contributed by atoms with Gasteiger partial charge in [0.05, 0.1) is 36.4 Å². The molecule has 0 unspecified atom stereocenters. The van der Waals surface area contributed by atoms with Crippen LogP contribution in [-0.4, -0.2) is 63.7 Å². The number of hydrogen-bond donors (Lipinski definition) is 3. The number of rotatable bonds is 28. The van der Waals surface area contributed by atoms with Crippen LogP contribution in [0.5, 0.6) is 0 Å². The van der Waals surface area contributed by atoms with Gasteiger partial charge in [-0.25, -0.2) is 0 Å². The molecule has 0 amide bonds. The molecule has 0 aromatic rings. The molecule has 2 aliphatic heterocycles. The average Bonchev–Trinajstić information content (AvgIpc) is 3.62. The van der Waals surface area contributed by atoms with Gasteiger partial charge in [0.1, 0.15) is 11.9 Å². The van der Waals surface area contributed by atoms with E-state index in [4.69, 9.17) is 9.47 Å². The standard InChI is InChI=1S/C37H68O7/c1-3-4-5-6-7-8-9-10-11-18-23-33(40)35-25-26-36(44-35)34(41)24-19-14-16-21-31(39)20-15-12-13-17-22-32-28-30(27-29(2)38)37(42)43-32/h30-36,39-41H,3-28H2,1-2H3/t30-,31-,32-,33+,34-,35-,36-/m1/s1. The molecule has 0 aromatic heterocycles. The lowest BCUT2D eigenvalue weighted by Crippen LogP contribution is -2.31. The molecule has 3 N–H and O–H groups in total. The third-order valence-electron chi connectivity index (χ3n) is 9.85. The van der Waals surface area contributed by atoms with Crippen LogP contribution in [0.15, 0.2) is 0 Å². The van der Waals surface area contributed by atoms with Gasteiger partial charge in [-0.2, -0.15) is 0 Å². The lowest BCUT2D eigenvalue weighted by molar-refractivity contribution is -0.145. The molecule has 0 aromatic carbocycles. The van der Waals surface area contributed by atoms with E-state index in [1.807, 2.05) is 0 Å². The maximum atomic E-state index is 11.8. The van der Waals surface area contributed by atoms with Crippen LogP contribution in [0.25, 0.3) is 0 Å². The molecule has 0 aliphatic carbocycles. The summed E-state index contributed by atoms with van der Waals surface area (Å²) in [6.45, 7) is 3.78. The van der Waals surface area contributed by atoms with Crippen molar-refractivity contribution in [2.24, 2.45) is 5.92 Å². The van der Waals surface area contributed by atoms with Crippen LogP contribution in [0.3, 0.4) is 0 Å². The minimum absolute atomic E-state index is 0.0385. The fraction of sp³-hybridized carbons (Fsp3) is 0.946. The average molecular weight is 625 g/mol. The lowest BCUT2D eigenvalue weighted by Gasteiger charge is -2.22. The van der Waals surface area contributed by atoms with Gasteiger partial charge in [0.25, 0.3) is 0 Å². The van der Waals surface area contributed by atoms with Gasteiger partial charge in [0.15, 0.2) is 0 Å². The number of cyclic esters (lactones) is 1. The second-order valence-corrected chi connectivity index (χ2v) is 14.1. The molecule has 2 aliphatic rings. The molecule has 2 rings (SSSR count). The highest BCUT2D eigenvalue weighted by atomic mass is 16.6. The summed E-state index contributed by atoms with van der Waals surface area (Å²) < 4.78 is 11.5. The van der Waals surface area contributed by atoms with E-state index in [1.54, 1.807) is 0 Å². The number of Topliss-reactive ketones (excluding diaryl/α,β-unsaturated/α-hetero) is 1. The monoisotopic (exact) mass is 624 g/mol. The smallest absolute Gasteiger partial charge is 0.309 e. The predicted molar refractivity (Wildman–Crippen MR) is 176 cm³/mol. The first-order chi connectivity index (χ1) is 21.3. The van der Waals surface area contributed by atoms with Gasteiger partial charge < -0.3 is 29.6 Å². The number of ketones is 1. The van der Waals surface area contributed by atoms with Crippen LogP contribution in [0.4, 0.5) is 0 Å². The molecule has 44 heavy (non-hydrogen) atoms. The number of unbranched alkanes of at least 4 members (excludes halogenated alkanes) is 14. The molecule has 7 heteroatoms. The molecule has 0 spiro atoms. The minimum Gasteiger partial charge on any atom is -0.462 e. The first kappa shape index (κ1) is 39.2. The Balaban J connectivity index is 1.38. The Bertz CT molecular complexity index is 743. The van der Waals surface area contributed by atoms with E-state index in [-0.39, 0.29) is 42.1 Å². The molecule has 7 nitrogen and oxygen atoms in total. The van der Waals surface area contributed by atoms with Crippen molar-refractivity contribution in [3.05, 3.63) is 0 Å². The highest BCUT2D eigenvalue weighted by Gasteiger charge is 2.35. The summed E-state index contributed by atoms with van der Waals surface area (Å²) >= 11 is 0. The highest BCUT2D eigenvalue weighted by molar-refractivity contribution is 5.83. The van der Waals surface area contributed by atoms with Crippen molar-refractivity contribution in [1.82, 2.24) is 0 Å². The van der Waals surface area contributed by atoms with Crippen molar-refractivity contribution in [3.8, 4) is 0 Å². The third kappa shape index (κ3) is 17.6. The van der Waals surface area contributed by atoms with Crippen LogP contribution in [0.2, 0.25) is 0 Å². The van der Waals surface area contributed by atoms with Crippen LogP contribution in [0, 0.1) is 5.92 Å². The van der Waals surface area contributed by atoms with Gasteiger partial charge in [0, 0.05) is 6.42 Å². The Morgan fingerprint density at radius 2 is 1.16 bits per heavy atom. The molecule has 2 fully saturated rings. The zero-order valence-corrected chi connectivity index (χ0v) is 28.4. The summed E-state index contributed by atoms with van der Waals surface area (Å²) in [5, 5.41) is 31.6. The SMILES string of the molecule is CCCCCCCCCCCC[C@H](O)[C@H]1CC[C@H]([C@H](O)CCCCC[C@H](O)CCCCCC[C@@H]2C[C@@H](CC(C)=O)C(=O)O2)O1. The third-order valence-corrected chi connectivity index (χ3v) is 9.85. The van der Waals surface area contributed by atoms with Crippen molar-refractivity contribution in [2.45, 2.75) is 217 Å². The Labute approximate surface area is 269 Å². The van der Waals surface area contributed by atoms with Gasteiger partial charge in [-0.15, -0.1) is 0 Å². The largest absolute Gasteiger partial charge is 0.462 e. The summed E-state index contributed by atoms with van der Waals surface area (Å²) in [6.07, 6.45) is 25.1. The number of carbonyl (C=O) groups is 2. The zero-order valence-electron chi connectivity index (χ0n) is 28.4. The van der Waals surface area contributed by atoms with E-state index in [0.717, 1.165) is 89.9 Å². The predicted octanol–water partition coefficient (Wildman–Crippen LogP) is 8.13. The van der Waals surface area contributed by atoms with Crippen molar-refractivity contribution in [2.75, 3.05) is 0 Å². The topological polar surface area (TPSA) is 113 Å². The summed E-state index contributed by atoms with van der Waals surface area (Å²) in [4.78, 5) is 23.1. The second kappa shape index (κ2) is 24.2. The molecular weight excluding hydrogens is 556 g/mol. The van der Waals surface area contributed by atoms with Crippen molar-refractivity contribution < 1.29 is 34.4 Å². The summed E-state index contributed by atoms with van der Waals surface area (Å²) in [5.74, 6) is -0.419. The summed E-state index contributed by atoms with van der Waals surface area (Å²) in [5.41, 5.74) is 0. The fourth-order valence-corrected chi connectivity index (χ4v) is 7.04. The van der Waals surface area contributed by atoms with E-state index in [2.05, 4.69) is 6.92 Å². The normalized spacial score (nSPS) is 24.0. The van der Waals surface area contributed by atoms with E-state index in [9.17, 15) is 24.9 Å². The van der Waals surface area contributed by atoms with Crippen molar-refractivity contribution in [3.63, 3.8) is 0 Å². The van der Waals surface area contributed by atoms with Crippen LogP contribution in [0.1, 0.15) is 181 Å². The summed E-state index contributed by atoms with van der Waals surface area (Å²) in [6, 6.07) is 0. The Hall–Kier alpha value is -1.02. The van der Waals surface area contributed by atoms with Gasteiger partial charge in [-0.05, 0) is 64.7 Å². The molecule has 7 atom stereocenters. The maximum Gasteiger partial charge on any atom is 0.309 e. The molecule has 0 radical (unpaired) electrons. The van der Waals surface area contributed by atoms with Crippen molar-refractivity contribution in [1.29, 1.82) is 0 Å². The van der Waals surface area contributed by atoms with Gasteiger partial charge in [0.2, 0.25) is 0 Å². The number of carbonyl (C=O) groups excluding carboxylic acids is 2. The van der Waals surface area contributed by atoms with Crippen molar-refractivity contribution >= 4 is 11.8 Å². The molecule has 2 saturated heterocycles. The van der Waals surface area contributed by atoms with E-state index in [0.29, 0.717) is 19.3 Å². The Morgan fingerprint density at radius 1 is 0.705 bits per heavy atom. The molecule has 258 valence electrons. The Morgan fingerprint density at radius 3 is 1.68 bits per heavy atom. The molecule has 0 saturated carbocycles. The quantitative estimate of drug-likeness (QED) is 0.0595. The Kier molecular flexibility index (Phi) is 21.5. The van der Waals surface area contributed by atoms with Gasteiger partial charge in [-0.1, -0.05) is 110 Å².